The third kappa shape index (κ3) is 8.05. The maximum atomic E-state index is 9.76. The van der Waals surface area contributed by atoms with E-state index in [4.69, 9.17) is 9.47 Å². The molecule has 1 aromatic rings. The van der Waals surface area contributed by atoms with Crippen LogP contribution in [0.15, 0.2) is 24.3 Å². The Morgan fingerprint density at radius 2 is 1.90 bits per heavy atom. The Labute approximate surface area is 128 Å². The van der Waals surface area contributed by atoms with Crippen LogP contribution in [0.1, 0.15) is 32.3 Å². The van der Waals surface area contributed by atoms with Crippen LogP contribution >= 0.6 is 0 Å². The maximum Gasteiger partial charge on any atom is 0.119 e. The Kier molecular flexibility index (Phi) is 9.06. The largest absolute Gasteiger partial charge is 0.491 e. The molecule has 0 heterocycles. The molecule has 0 spiro atoms. The highest BCUT2D eigenvalue weighted by Crippen LogP contribution is 2.13. The van der Waals surface area contributed by atoms with Crippen molar-refractivity contribution in [2.45, 2.75) is 45.3 Å². The molecule has 0 saturated carbocycles. The number of nitrogens with one attached hydrogen (secondary N) is 1. The van der Waals surface area contributed by atoms with Crippen LogP contribution < -0.4 is 10.1 Å². The first-order valence-corrected chi connectivity index (χ1v) is 7.80. The van der Waals surface area contributed by atoms with Gasteiger partial charge in [0.2, 0.25) is 0 Å². The first-order valence-electron chi connectivity index (χ1n) is 7.80. The lowest BCUT2D eigenvalue weighted by molar-refractivity contribution is 0.0113. The molecule has 1 rings (SSSR count). The predicted octanol–water partition coefficient (Wildman–Crippen LogP) is 2.39. The third-order valence-electron chi connectivity index (χ3n) is 3.35. The number of ether oxygens (including phenoxy) is 2. The molecular formula is C17H29NO3. The highest BCUT2D eigenvalue weighted by Gasteiger charge is 2.06. The number of hydrogen-bond acceptors (Lipinski definition) is 4. The standard InChI is InChI=1S/C17H29NO3/c1-4-5-10-20-12-16(19)13-21-17-8-6-15(7-9-17)11-14(2)18-3/h6-9,14,16,18-19H,4-5,10-13H2,1-3H3. The average Bonchev–Trinajstić information content (AvgIpc) is 2.50. The molecule has 0 fully saturated rings. The SMILES string of the molecule is CCCCOCC(O)COc1ccc(CC(C)NC)cc1. The van der Waals surface area contributed by atoms with Crippen molar-refractivity contribution in [3.8, 4) is 5.75 Å². The van der Waals surface area contributed by atoms with Gasteiger partial charge in [-0.05, 0) is 44.5 Å². The van der Waals surface area contributed by atoms with Crippen LogP contribution in [-0.2, 0) is 11.2 Å². The lowest BCUT2D eigenvalue weighted by atomic mass is 10.1. The summed E-state index contributed by atoms with van der Waals surface area (Å²) in [5.74, 6) is 0.781. The molecule has 2 N–H and O–H groups in total. The van der Waals surface area contributed by atoms with Crippen LogP contribution in [0.4, 0.5) is 0 Å². The van der Waals surface area contributed by atoms with Gasteiger partial charge < -0.3 is 19.9 Å². The summed E-state index contributed by atoms with van der Waals surface area (Å²) in [4.78, 5) is 0. The van der Waals surface area contributed by atoms with Crippen LogP contribution in [0.25, 0.3) is 0 Å². The molecule has 0 radical (unpaired) electrons. The fraction of sp³-hybridized carbons (Fsp3) is 0.647. The van der Waals surface area contributed by atoms with Gasteiger partial charge in [0.1, 0.15) is 18.5 Å². The van der Waals surface area contributed by atoms with E-state index in [1.54, 1.807) is 0 Å². The highest BCUT2D eigenvalue weighted by atomic mass is 16.5. The van der Waals surface area contributed by atoms with E-state index in [-0.39, 0.29) is 6.61 Å². The second-order valence-corrected chi connectivity index (χ2v) is 5.43. The van der Waals surface area contributed by atoms with Crippen molar-refractivity contribution >= 4 is 0 Å². The molecule has 120 valence electrons. The van der Waals surface area contributed by atoms with Gasteiger partial charge in [0.05, 0.1) is 6.61 Å². The summed E-state index contributed by atoms with van der Waals surface area (Å²) in [5.41, 5.74) is 1.27. The van der Waals surface area contributed by atoms with E-state index >= 15 is 0 Å². The summed E-state index contributed by atoms with van der Waals surface area (Å²) >= 11 is 0. The van der Waals surface area contributed by atoms with Gasteiger partial charge in [-0.3, -0.25) is 0 Å². The summed E-state index contributed by atoms with van der Waals surface area (Å²) in [5, 5.41) is 13.0. The van der Waals surface area contributed by atoms with Gasteiger partial charge in [-0.1, -0.05) is 25.5 Å². The van der Waals surface area contributed by atoms with Crippen LogP contribution in [0.3, 0.4) is 0 Å². The molecule has 4 nitrogen and oxygen atoms in total. The molecule has 0 saturated heterocycles. The van der Waals surface area contributed by atoms with E-state index in [9.17, 15) is 5.11 Å². The van der Waals surface area contributed by atoms with Gasteiger partial charge in [-0.15, -0.1) is 0 Å². The summed E-state index contributed by atoms with van der Waals surface area (Å²) in [6, 6.07) is 8.48. The number of rotatable bonds is 11. The Morgan fingerprint density at radius 1 is 1.19 bits per heavy atom. The van der Waals surface area contributed by atoms with Crippen molar-refractivity contribution in [2.75, 3.05) is 26.9 Å². The Hall–Kier alpha value is -1.10. The number of likely N-dealkylation sites (N-methyl/N-ethyl adjacent to an activating group) is 1. The molecule has 0 aliphatic heterocycles. The molecule has 0 amide bonds. The lowest BCUT2D eigenvalue weighted by Crippen LogP contribution is -2.24. The molecule has 1 aromatic carbocycles. The molecule has 0 aromatic heterocycles. The van der Waals surface area contributed by atoms with Crippen molar-refractivity contribution in [3.63, 3.8) is 0 Å². The minimum absolute atomic E-state index is 0.262. The first-order chi connectivity index (χ1) is 10.2. The zero-order valence-electron chi connectivity index (χ0n) is 13.5. The summed E-state index contributed by atoms with van der Waals surface area (Å²) in [6.45, 7) is 5.56. The fourth-order valence-electron chi connectivity index (χ4n) is 1.88. The monoisotopic (exact) mass is 295 g/mol. The van der Waals surface area contributed by atoms with Gasteiger partial charge in [0, 0.05) is 12.6 Å². The van der Waals surface area contributed by atoms with Gasteiger partial charge >= 0.3 is 0 Å². The number of unbranched alkanes of at least 4 members (excludes halogenated alkanes) is 1. The summed E-state index contributed by atoms with van der Waals surface area (Å²) < 4.78 is 10.9. The second-order valence-electron chi connectivity index (χ2n) is 5.43. The van der Waals surface area contributed by atoms with Crippen molar-refractivity contribution in [1.29, 1.82) is 0 Å². The topological polar surface area (TPSA) is 50.7 Å². The van der Waals surface area contributed by atoms with Gasteiger partial charge in [-0.25, -0.2) is 0 Å². The molecule has 0 bridgehead atoms. The van der Waals surface area contributed by atoms with E-state index in [2.05, 4.69) is 31.3 Å². The molecule has 0 aliphatic rings. The van der Waals surface area contributed by atoms with Gasteiger partial charge in [0.15, 0.2) is 0 Å². The summed E-state index contributed by atoms with van der Waals surface area (Å²) in [6.07, 6.45) is 2.54. The quantitative estimate of drug-likeness (QED) is 0.616. The van der Waals surface area contributed by atoms with Crippen LogP contribution in [0.2, 0.25) is 0 Å². The molecule has 0 aliphatic carbocycles. The number of hydrogen-bond donors (Lipinski definition) is 2. The second kappa shape index (κ2) is 10.6. The van der Waals surface area contributed by atoms with Crippen LogP contribution in [0.5, 0.6) is 5.75 Å². The number of benzene rings is 1. The molecule has 4 heteroatoms. The van der Waals surface area contributed by atoms with Crippen molar-refractivity contribution < 1.29 is 14.6 Å². The fourth-order valence-corrected chi connectivity index (χ4v) is 1.88. The molecular weight excluding hydrogens is 266 g/mol. The van der Waals surface area contributed by atoms with Crippen LogP contribution in [0, 0.1) is 0 Å². The van der Waals surface area contributed by atoms with E-state index in [0.717, 1.165) is 25.0 Å². The Morgan fingerprint density at radius 3 is 2.52 bits per heavy atom. The summed E-state index contributed by atoms with van der Waals surface area (Å²) in [7, 11) is 1.96. The molecule has 2 unspecified atom stereocenters. The first kappa shape index (κ1) is 18.0. The van der Waals surface area contributed by atoms with Gasteiger partial charge in [-0.2, -0.15) is 0 Å². The lowest BCUT2D eigenvalue weighted by Gasteiger charge is -2.14. The third-order valence-corrected chi connectivity index (χ3v) is 3.35. The molecule has 2 atom stereocenters. The number of aliphatic hydroxyl groups is 1. The normalized spacial score (nSPS) is 13.9. The predicted molar refractivity (Wildman–Crippen MR) is 85.9 cm³/mol. The van der Waals surface area contributed by atoms with E-state index in [1.807, 2.05) is 19.2 Å². The zero-order valence-corrected chi connectivity index (χ0v) is 13.5. The van der Waals surface area contributed by atoms with Crippen molar-refractivity contribution in [1.82, 2.24) is 5.32 Å². The Bertz CT molecular complexity index is 367. The maximum absolute atomic E-state index is 9.76. The zero-order chi connectivity index (χ0) is 15.5. The minimum atomic E-state index is -0.578. The molecule has 21 heavy (non-hydrogen) atoms. The van der Waals surface area contributed by atoms with Crippen LogP contribution in [-0.4, -0.2) is 44.1 Å². The smallest absolute Gasteiger partial charge is 0.119 e. The van der Waals surface area contributed by atoms with E-state index < -0.39 is 6.10 Å². The van der Waals surface area contributed by atoms with Crippen molar-refractivity contribution in [2.24, 2.45) is 0 Å². The van der Waals surface area contributed by atoms with Crippen molar-refractivity contribution in [3.05, 3.63) is 29.8 Å². The minimum Gasteiger partial charge on any atom is -0.491 e. The van der Waals surface area contributed by atoms with E-state index in [0.29, 0.717) is 19.3 Å². The average molecular weight is 295 g/mol. The highest BCUT2D eigenvalue weighted by molar-refractivity contribution is 5.27. The van der Waals surface area contributed by atoms with E-state index in [1.165, 1.54) is 5.56 Å². The van der Waals surface area contributed by atoms with Gasteiger partial charge in [0.25, 0.3) is 0 Å². The number of aliphatic hydroxyl groups excluding tert-OH is 1. The Balaban J connectivity index is 2.25.